The van der Waals surface area contributed by atoms with E-state index in [1.807, 2.05) is 0 Å². The van der Waals surface area contributed by atoms with E-state index in [9.17, 15) is 9.90 Å². The number of carbonyl (C=O) groups is 1. The van der Waals surface area contributed by atoms with Gasteiger partial charge in [0.05, 0.1) is 6.26 Å². The number of carbonyl (C=O) groups excluding carboxylic acids is 1. The van der Waals surface area contributed by atoms with Gasteiger partial charge >= 0.3 is 0 Å². The van der Waals surface area contributed by atoms with Gasteiger partial charge in [0, 0.05) is 17.4 Å². The largest absolute Gasteiger partial charge is 0.515 e. The highest BCUT2D eigenvalue weighted by Crippen LogP contribution is 2.66. The second kappa shape index (κ2) is 4.97. The molecule has 1 N–H and O–H groups in total. The summed E-state index contributed by atoms with van der Waals surface area (Å²) in [6.45, 7) is 11.1. The SMILES string of the molecule is C=C[C@@]1(C)CC[C@@]2(C)[C@@H](CC[C@]3(C)/C(=C\O)C(=O)CC[C@H]23)C1. The third kappa shape index (κ3) is 2.02. The zero-order valence-electron chi connectivity index (χ0n) is 14.3. The van der Waals surface area contributed by atoms with Gasteiger partial charge in [-0.15, -0.1) is 6.58 Å². The van der Waals surface area contributed by atoms with Crippen molar-refractivity contribution in [3.8, 4) is 0 Å². The number of aliphatic hydroxyl groups is 1. The van der Waals surface area contributed by atoms with Crippen LogP contribution in [0.2, 0.25) is 0 Å². The van der Waals surface area contributed by atoms with Crippen LogP contribution in [-0.4, -0.2) is 10.9 Å². The molecule has 122 valence electrons. The van der Waals surface area contributed by atoms with Crippen LogP contribution < -0.4 is 0 Å². The number of aliphatic hydroxyl groups excluding tert-OH is 1. The quantitative estimate of drug-likeness (QED) is 0.410. The highest BCUT2D eigenvalue weighted by atomic mass is 16.2. The van der Waals surface area contributed by atoms with Gasteiger partial charge in [-0.3, -0.25) is 4.79 Å². The highest BCUT2D eigenvalue weighted by Gasteiger charge is 2.59. The van der Waals surface area contributed by atoms with E-state index >= 15 is 0 Å². The average Bonchev–Trinajstić information content (AvgIpc) is 2.48. The van der Waals surface area contributed by atoms with Crippen molar-refractivity contribution in [3.05, 3.63) is 24.5 Å². The first kappa shape index (κ1) is 15.8. The normalized spacial score (nSPS) is 50.3. The maximum Gasteiger partial charge on any atom is 0.162 e. The average molecular weight is 302 g/mol. The van der Waals surface area contributed by atoms with Crippen LogP contribution >= 0.6 is 0 Å². The molecule has 0 aromatic rings. The second-order valence-electron chi connectivity index (χ2n) is 8.78. The molecular weight excluding hydrogens is 272 g/mol. The van der Waals surface area contributed by atoms with Gasteiger partial charge in [-0.05, 0) is 61.2 Å². The van der Waals surface area contributed by atoms with Crippen LogP contribution in [0.4, 0.5) is 0 Å². The minimum Gasteiger partial charge on any atom is -0.515 e. The summed E-state index contributed by atoms with van der Waals surface area (Å²) in [4.78, 5) is 12.3. The molecule has 3 aliphatic rings. The first-order chi connectivity index (χ1) is 10.3. The summed E-state index contributed by atoms with van der Waals surface area (Å²) in [6.07, 6.45) is 10.7. The lowest BCUT2D eigenvalue weighted by Crippen LogP contribution is -2.55. The number of hydrogen-bond donors (Lipinski definition) is 1. The van der Waals surface area contributed by atoms with Crippen molar-refractivity contribution in [1.82, 2.24) is 0 Å². The summed E-state index contributed by atoms with van der Waals surface area (Å²) in [5.41, 5.74) is 1.14. The van der Waals surface area contributed by atoms with Gasteiger partial charge in [0.1, 0.15) is 0 Å². The number of allylic oxidation sites excluding steroid dienone is 2. The predicted octanol–water partition coefficient (Wildman–Crippen LogP) is 5.21. The summed E-state index contributed by atoms with van der Waals surface area (Å²) < 4.78 is 0. The molecule has 22 heavy (non-hydrogen) atoms. The summed E-state index contributed by atoms with van der Waals surface area (Å²) in [6, 6.07) is 0. The van der Waals surface area contributed by atoms with Gasteiger partial charge in [-0.1, -0.05) is 26.8 Å². The lowest BCUT2D eigenvalue weighted by Gasteiger charge is -2.62. The smallest absolute Gasteiger partial charge is 0.162 e. The van der Waals surface area contributed by atoms with E-state index in [1.165, 1.54) is 19.3 Å². The third-order valence-corrected chi connectivity index (χ3v) is 7.66. The molecule has 0 spiro atoms. The van der Waals surface area contributed by atoms with Gasteiger partial charge in [0.15, 0.2) is 5.78 Å². The summed E-state index contributed by atoms with van der Waals surface area (Å²) in [5.74, 6) is 1.40. The predicted molar refractivity (Wildman–Crippen MR) is 89.5 cm³/mol. The zero-order valence-corrected chi connectivity index (χ0v) is 14.3. The molecule has 0 saturated heterocycles. The molecule has 5 atom stereocenters. The number of hydrogen-bond acceptors (Lipinski definition) is 2. The summed E-state index contributed by atoms with van der Waals surface area (Å²) >= 11 is 0. The Balaban J connectivity index is 1.97. The van der Waals surface area contributed by atoms with Crippen LogP contribution in [0.25, 0.3) is 0 Å². The van der Waals surface area contributed by atoms with Crippen molar-refractivity contribution < 1.29 is 9.90 Å². The minimum atomic E-state index is -0.128. The Labute approximate surface area is 134 Å². The first-order valence-electron chi connectivity index (χ1n) is 8.81. The van der Waals surface area contributed by atoms with Gasteiger partial charge in [0.2, 0.25) is 0 Å². The van der Waals surface area contributed by atoms with E-state index < -0.39 is 0 Å². The molecule has 0 bridgehead atoms. The second-order valence-corrected chi connectivity index (χ2v) is 8.78. The van der Waals surface area contributed by atoms with Crippen LogP contribution in [0, 0.1) is 28.1 Å². The minimum absolute atomic E-state index is 0.128. The lowest BCUT2D eigenvalue weighted by molar-refractivity contribution is -0.131. The molecule has 3 aliphatic carbocycles. The molecule has 0 heterocycles. The van der Waals surface area contributed by atoms with Gasteiger partial charge in [0.25, 0.3) is 0 Å². The zero-order chi connectivity index (χ0) is 16.2. The van der Waals surface area contributed by atoms with Crippen LogP contribution in [0.3, 0.4) is 0 Å². The first-order valence-corrected chi connectivity index (χ1v) is 8.81. The fraction of sp³-hybridized carbons (Fsp3) is 0.750. The van der Waals surface area contributed by atoms with E-state index in [1.54, 1.807) is 0 Å². The summed E-state index contributed by atoms with van der Waals surface area (Å²) in [5, 5.41) is 9.67. The molecule has 3 rings (SSSR count). The number of fused-ring (bicyclic) bond motifs is 3. The molecule has 0 unspecified atom stereocenters. The van der Waals surface area contributed by atoms with Crippen LogP contribution in [0.1, 0.15) is 65.7 Å². The Morgan fingerprint density at radius 1 is 1.18 bits per heavy atom. The van der Waals surface area contributed by atoms with Crippen molar-refractivity contribution in [3.63, 3.8) is 0 Å². The van der Waals surface area contributed by atoms with Crippen molar-refractivity contribution in [1.29, 1.82) is 0 Å². The van der Waals surface area contributed by atoms with Gasteiger partial charge in [-0.2, -0.15) is 0 Å². The molecule has 2 heteroatoms. The van der Waals surface area contributed by atoms with Crippen LogP contribution in [0.15, 0.2) is 24.5 Å². The molecule has 2 nitrogen and oxygen atoms in total. The fourth-order valence-corrected chi connectivity index (χ4v) is 6.03. The third-order valence-electron chi connectivity index (χ3n) is 7.66. The van der Waals surface area contributed by atoms with Crippen molar-refractivity contribution in [2.75, 3.05) is 0 Å². The molecule has 3 fully saturated rings. The van der Waals surface area contributed by atoms with E-state index in [-0.39, 0.29) is 16.6 Å². The fourth-order valence-electron chi connectivity index (χ4n) is 6.03. The molecule has 3 saturated carbocycles. The molecule has 0 aromatic heterocycles. The van der Waals surface area contributed by atoms with E-state index in [0.717, 1.165) is 31.4 Å². The Morgan fingerprint density at radius 3 is 2.55 bits per heavy atom. The molecule has 0 radical (unpaired) electrons. The lowest BCUT2D eigenvalue weighted by atomic mass is 9.42. The Hall–Kier alpha value is -1.05. The number of ketones is 1. The van der Waals surface area contributed by atoms with Crippen LogP contribution in [0.5, 0.6) is 0 Å². The van der Waals surface area contributed by atoms with E-state index in [2.05, 4.69) is 33.4 Å². The van der Waals surface area contributed by atoms with E-state index in [0.29, 0.717) is 23.3 Å². The van der Waals surface area contributed by atoms with Crippen molar-refractivity contribution >= 4 is 5.78 Å². The maximum absolute atomic E-state index is 12.3. The monoisotopic (exact) mass is 302 g/mol. The molecular formula is C20H30O2. The molecule has 0 aromatic carbocycles. The Bertz CT molecular complexity index is 534. The standard InChI is InChI=1S/C20H30O2/c1-5-18(2)10-11-19(3)14(12-18)8-9-20(4)15(13-21)16(22)6-7-17(19)20/h5,13-14,17,21H,1,6-12H2,2-4H3/b15-13-/t14-,17+,18-,19-,20+/m0/s1. The van der Waals surface area contributed by atoms with Crippen LogP contribution in [-0.2, 0) is 4.79 Å². The van der Waals surface area contributed by atoms with Crippen molar-refractivity contribution in [2.24, 2.45) is 28.1 Å². The van der Waals surface area contributed by atoms with E-state index in [4.69, 9.17) is 0 Å². The number of rotatable bonds is 1. The topological polar surface area (TPSA) is 37.3 Å². The number of Topliss-reactive ketones (excluding diaryl/α,β-unsaturated/α-hetero) is 1. The molecule has 0 aliphatic heterocycles. The molecule has 0 amide bonds. The Morgan fingerprint density at radius 2 is 1.91 bits per heavy atom. The Kier molecular flexibility index (Phi) is 3.58. The van der Waals surface area contributed by atoms with Gasteiger partial charge in [-0.25, -0.2) is 0 Å². The van der Waals surface area contributed by atoms with Gasteiger partial charge < -0.3 is 5.11 Å². The van der Waals surface area contributed by atoms with Crippen molar-refractivity contribution in [2.45, 2.75) is 65.7 Å². The highest BCUT2D eigenvalue weighted by molar-refractivity contribution is 5.97. The maximum atomic E-state index is 12.3. The summed E-state index contributed by atoms with van der Waals surface area (Å²) in [7, 11) is 0.